The van der Waals surface area contributed by atoms with E-state index >= 15 is 0 Å². The number of hydrogen-bond donors (Lipinski definition) is 1. The predicted molar refractivity (Wildman–Crippen MR) is 108 cm³/mol. The molecule has 0 spiro atoms. The number of likely N-dealkylation sites (N-methyl/N-ethyl adjacent to an activating group) is 1. The largest absolute Gasteiger partial charge is 0.489 e. The topological polar surface area (TPSA) is 79.0 Å². The van der Waals surface area contributed by atoms with E-state index in [4.69, 9.17) is 4.74 Å². The van der Waals surface area contributed by atoms with Crippen molar-refractivity contribution in [3.8, 4) is 5.75 Å². The van der Waals surface area contributed by atoms with Crippen LogP contribution in [0.4, 0.5) is 4.39 Å². The Bertz CT molecular complexity index is 846. The Labute approximate surface area is 175 Å². The van der Waals surface area contributed by atoms with Crippen LogP contribution in [0.2, 0.25) is 0 Å². The van der Waals surface area contributed by atoms with Crippen molar-refractivity contribution in [3.63, 3.8) is 0 Å². The van der Waals surface area contributed by atoms with Crippen molar-refractivity contribution in [1.82, 2.24) is 15.1 Å². The van der Waals surface area contributed by atoms with Gasteiger partial charge in [-0.05, 0) is 56.0 Å². The molecule has 1 N–H and O–H groups in total. The van der Waals surface area contributed by atoms with Crippen molar-refractivity contribution >= 4 is 17.7 Å². The zero-order valence-electron chi connectivity index (χ0n) is 17.2. The molecular weight excluding hydrogens is 389 g/mol. The lowest BCUT2D eigenvalue weighted by atomic mass is 10.0. The maximum atomic E-state index is 12.9. The van der Waals surface area contributed by atoms with Crippen molar-refractivity contribution in [2.75, 3.05) is 19.8 Å². The number of rotatable bonds is 7. The lowest BCUT2D eigenvalue weighted by molar-refractivity contribution is -0.136. The molecule has 1 saturated carbocycles. The molecule has 7 nitrogen and oxygen atoms in total. The Morgan fingerprint density at radius 2 is 2.07 bits per heavy atom. The summed E-state index contributed by atoms with van der Waals surface area (Å²) in [5, 5.41) is 2.32. The molecule has 3 amide bonds. The van der Waals surface area contributed by atoms with Gasteiger partial charge in [0.25, 0.3) is 5.91 Å². The van der Waals surface area contributed by atoms with Crippen LogP contribution in [-0.2, 0) is 16.1 Å². The lowest BCUT2D eigenvalue weighted by Crippen LogP contribution is -2.52. The van der Waals surface area contributed by atoms with Gasteiger partial charge in [0.2, 0.25) is 11.8 Å². The third-order valence-electron chi connectivity index (χ3n) is 6.45. The number of halogens is 1. The van der Waals surface area contributed by atoms with Crippen molar-refractivity contribution in [2.45, 2.75) is 63.8 Å². The fourth-order valence-corrected chi connectivity index (χ4v) is 4.93. The molecule has 2 fully saturated rings. The molecule has 30 heavy (non-hydrogen) atoms. The molecule has 0 radical (unpaired) electrons. The Balaban J connectivity index is 1.46. The number of amides is 3. The fraction of sp³-hybridized carbons (Fsp3) is 0.591. The van der Waals surface area contributed by atoms with Crippen LogP contribution in [-0.4, -0.2) is 65.5 Å². The average molecular weight is 417 g/mol. The van der Waals surface area contributed by atoms with Gasteiger partial charge in [0.1, 0.15) is 24.6 Å². The summed E-state index contributed by atoms with van der Waals surface area (Å²) < 4.78 is 19.2. The van der Waals surface area contributed by atoms with Gasteiger partial charge >= 0.3 is 0 Å². The van der Waals surface area contributed by atoms with E-state index in [2.05, 4.69) is 10.2 Å². The minimum absolute atomic E-state index is 0.00195. The second kappa shape index (κ2) is 8.71. The van der Waals surface area contributed by atoms with Crippen molar-refractivity contribution in [3.05, 3.63) is 29.3 Å². The first kappa shape index (κ1) is 20.8. The minimum atomic E-state index is -0.620. The highest BCUT2D eigenvalue weighted by Gasteiger charge is 2.39. The molecule has 1 aromatic carbocycles. The fourth-order valence-electron chi connectivity index (χ4n) is 4.93. The zero-order chi connectivity index (χ0) is 21.3. The van der Waals surface area contributed by atoms with Gasteiger partial charge in [-0.3, -0.25) is 24.6 Å². The summed E-state index contributed by atoms with van der Waals surface area (Å²) in [6, 6.07) is 5.00. The van der Waals surface area contributed by atoms with E-state index in [9.17, 15) is 18.8 Å². The number of piperidine rings is 1. The van der Waals surface area contributed by atoms with E-state index in [-0.39, 0.29) is 37.1 Å². The summed E-state index contributed by atoms with van der Waals surface area (Å²) in [6.07, 6.45) is 3.54. The number of carbonyl (C=O) groups is 3. The Hall–Kier alpha value is -2.48. The molecule has 162 valence electrons. The van der Waals surface area contributed by atoms with Crippen LogP contribution in [0, 0.1) is 0 Å². The molecule has 2 heterocycles. The molecule has 1 aromatic rings. The van der Waals surface area contributed by atoms with Crippen molar-refractivity contribution in [1.29, 1.82) is 0 Å². The second-order valence-corrected chi connectivity index (χ2v) is 8.19. The summed E-state index contributed by atoms with van der Waals surface area (Å²) in [6.45, 7) is 3.20. The van der Waals surface area contributed by atoms with E-state index in [1.807, 2.05) is 13.0 Å². The smallest absolute Gasteiger partial charge is 0.255 e. The highest BCUT2D eigenvalue weighted by molar-refractivity contribution is 6.05. The van der Waals surface area contributed by atoms with E-state index in [1.54, 1.807) is 12.1 Å². The number of carbonyl (C=O) groups excluding carboxylic acids is 3. The molecule has 0 aromatic heterocycles. The molecule has 0 bridgehead atoms. The van der Waals surface area contributed by atoms with Gasteiger partial charge in [0.05, 0.1) is 0 Å². The SMILES string of the molecule is CCN(CCF)C1CCC[C@H]1Oc1ccc2c(c1)CN(C1CCC(=O)NC1=O)C2=O. The van der Waals surface area contributed by atoms with Crippen LogP contribution in [0.25, 0.3) is 0 Å². The van der Waals surface area contributed by atoms with Crippen LogP contribution in [0.5, 0.6) is 5.75 Å². The summed E-state index contributed by atoms with van der Waals surface area (Å²) >= 11 is 0. The van der Waals surface area contributed by atoms with Crippen LogP contribution in [0.1, 0.15) is 54.9 Å². The Morgan fingerprint density at radius 3 is 2.80 bits per heavy atom. The van der Waals surface area contributed by atoms with Crippen molar-refractivity contribution in [2.24, 2.45) is 0 Å². The zero-order valence-corrected chi connectivity index (χ0v) is 17.2. The first-order valence-electron chi connectivity index (χ1n) is 10.8. The molecule has 3 aliphatic rings. The second-order valence-electron chi connectivity index (χ2n) is 8.19. The molecule has 1 aliphatic carbocycles. The molecule has 4 rings (SSSR count). The molecule has 1 saturated heterocycles. The molecule has 8 heteroatoms. The molecule has 2 unspecified atom stereocenters. The standard InChI is InChI=1S/C22H28FN3O4/c1-2-25(11-10-23)17-4-3-5-19(17)30-15-6-7-16-14(12-15)13-26(22(16)29)18-8-9-20(27)24-21(18)28/h6-7,12,17-19H,2-5,8-11,13H2,1H3,(H,24,27,28)/t17?,18?,19-/m1/s1. The molecule has 3 atom stereocenters. The normalized spacial score (nSPS) is 26.3. The molecular formula is C22H28FN3O4. The highest BCUT2D eigenvalue weighted by atomic mass is 19.1. The first-order chi connectivity index (χ1) is 14.5. The van der Waals surface area contributed by atoms with Crippen LogP contribution >= 0.6 is 0 Å². The summed E-state index contributed by atoms with van der Waals surface area (Å²) in [7, 11) is 0. The molecule has 2 aliphatic heterocycles. The lowest BCUT2D eigenvalue weighted by Gasteiger charge is -2.31. The van der Waals surface area contributed by atoms with E-state index < -0.39 is 11.9 Å². The number of imide groups is 1. The Kier molecular flexibility index (Phi) is 6.04. The van der Waals surface area contributed by atoms with E-state index in [0.29, 0.717) is 30.8 Å². The Morgan fingerprint density at radius 1 is 1.23 bits per heavy atom. The van der Waals surface area contributed by atoms with Gasteiger partial charge in [-0.2, -0.15) is 0 Å². The highest BCUT2D eigenvalue weighted by Crippen LogP contribution is 2.33. The third-order valence-corrected chi connectivity index (χ3v) is 6.45. The van der Waals surface area contributed by atoms with Gasteiger partial charge in [-0.15, -0.1) is 0 Å². The minimum Gasteiger partial charge on any atom is -0.489 e. The number of hydrogen-bond acceptors (Lipinski definition) is 5. The quantitative estimate of drug-likeness (QED) is 0.687. The number of nitrogens with one attached hydrogen (secondary N) is 1. The van der Waals surface area contributed by atoms with Crippen LogP contribution in [0.3, 0.4) is 0 Å². The summed E-state index contributed by atoms with van der Waals surface area (Å²) in [5.41, 5.74) is 1.40. The first-order valence-corrected chi connectivity index (χ1v) is 10.8. The predicted octanol–water partition coefficient (Wildman–Crippen LogP) is 2.04. The van der Waals surface area contributed by atoms with Gasteiger partial charge in [0.15, 0.2) is 0 Å². The number of nitrogens with zero attached hydrogens (tertiary/aromatic N) is 2. The summed E-state index contributed by atoms with van der Waals surface area (Å²) in [4.78, 5) is 40.1. The third kappa shape index (κ3) is 3.93. The van der Waals surface area contributed by atoms with Gasteiger partial charge < -0.3 is 9.64 Å². The van der Waals surface area contributed by atoms with E-state index in [1.165, 1.54) is 4.90 Å². The number of fused-ring (bicyclic) bond motifs is 1. The average Bonchev–Trinajstić information content (AvgIpc) is 3.30. The number of ether oxygens (including phenoxy) is 1. The summed E-state index contributed by atoms with van der Waals surface area (Å²) in [5.74, 6) is -0.203. The van der Waals surface area contributed by atoms with Gasteiger partial charge in [-0.1, -0.05) is 6.92 Å². The van der Waals surface area contributed by atoms with Crippen LogP contribution < -0.4 is 10.1 Å². The number of benzene rings is 1. The maximum Gasteiger partial charge on any atom is 0.255 e. The van der Waals surface area contributed by atoms with Gasteiger partial charge in [-0.25, -0.2) is 4.39 Å². The monoisotopic (exact) mass is 417 g/mol. The maximum absolute atomic E-state index is 12.9. The van der Waals surface area contributed by atoms with E-state index in [0.717, 1.165) is 31.4 Å². The van der Waals surface area contributed by atoms with Gasteiger partial charge in [0, 0.05) is 31.1 Å². The number of alkyl halides is 1. The van der Waals surface area contributed by atoms with Crippen molar-refractivity contribution < 1.29 is 23.5 Å². The van der Waals surface area contributed by atoms with Crippen LogP contribution in [0.15, 0.2) is 18.2 Å².